The molecule has 108 valence electrons. The number of hydrogen-bond acceptors (Lipinski definition) is 2. The van der Waals surface area contributed by atoms with Gasteiger partial charge in [0, 0.05) is 10.9 Å². The molecule has 1 nitrogen and oxygen atoms in total. The number of thiophene rings is 1. The van der Waals surface area contributed by atoms with E-state index >= 15 is 0 Å². The van der Waals surface area contributed by atoms with Gasteiger partial charge in [-0.2, -0.15) is 0 Å². The van der Waals surface area contributed by atoms with Crippen LogP contribution in [0.25, 0.3) is 0 Å². The summed E-state index contributed by atoms with van der Waals surface area (Å²) in [5.41, 5.74) is 2.15. The molecule has 1 heterocycles. The van der Waals surface area contributed by atoms with Gasteiger partial charge >= 0.3 is 0 Å². The van der Waals surface area contributed by atoms with Crippen LogP contribution in [0.15, 0.2) is 23.6 Å². The van der Waals surface area contributed by atoms with Gasteiger partial charge in [-0.05, 0) is 42.5 Å². The summed E-state index contributed by atoms with van der Waals surface area (Å²) in [6, 6.07) is 5.89. The molecule has 1 atom stereocenters. The lowest BCUT2D eigenvalue weighted by molar-refractivity contribution is 0.558. The van der Waals surface area contributed by atoms with Gasteiger partial charge < -0.3 is 5.32 Å². The number of rotatable bonds is 5. The molecule has 0 amide bonds. The Morgan fingerprint density at radius 1 is 1.20 bits per heavy atom. The van der Waals surface area contributed by atoms with E-state index in [1.807, 2.05) is 19.1 Å². The Morgan fingerprint density at radius 2 is 1.95 bits per heavy atom. The summed E-state index contributed by atoms with van der Waals surface area (Å²) in [5, 5.41) is 7.62. The number of benzene rings is 1. The lowest BCUT2D eigenvalue weighted by Crippen LogP contribution is -2.22. The van der Waals surface area contributed by atoms with Crippen molar-refractivity contribution in [2.45, 2.75) is 26.3 Å². The Hall–Kier alpha value is -0.250. The van der Waals surface area contributed by atoms with Crippen LogP contribution in [0.1, 0.15) is 29.0 Å². The fraction of sp³-hybridized carbons (Fsp3) is 0.333. The molecule has 0 saturated heterocycles. The molecule has 1 aromatic heterocycles. The number of nitrogens with one attached hydrogen (secondary N) is 1. The van der Waals surface area contributed by atoms with Gasteiger partial charge in [0.05, 0.1) is 15.1 Å². The molecule has 1 aromatic carbocycles. The van der Waals surface area contributed by atoms with Gasteiger partial charge in [0.2, 0.25) is 0 Å². The Morgan fingerprint density at radius 3 is 2.55 bits per heavy atom. The van der Waals surface area contributed by atoms with Crippen LogP contribution >= 0.6 is 46.1 Å². The summed E-state index contributed by atoms with van der Waals surface area (Å²) in [4.78, 5) is 1.15. The van der Waals surface area contributed by atoms with E-state index in [4.69, 9.17) is 34.8 Å². The fourth-order valence-corrected chi connectivity index (χ4v) is 3.91. The standard InChI is InChI=1S/C15H16Cl3NS/c1-3-19-12(15-13(17)9(2)8-20-15)7-10-5-4-6-11(16)14(10)18/h4-6,8,12,19H,3,7H2,1-2H3. The van der Waals surface area contributed by atoms with Gasteiger partial charge in [-0.1, -0.05) is 53.9 Å². The maximum atomic E-state index is 6.39. The number of aryl methyl sites for hydroxylation is 1. The minimum absolute atomic E-state index is 0.155. The van der Waals surface area contributed by atoms with Gasteiger partial charge in [-0.15, -0.1) is 11.3 Å². The zero-order valence-corrected chi connectivity index (χ0v) is 14.4. The van der Waals surface area contributed by atoms with E-state index in [2.05, 4.69) is 17.6 Å². The highest BCUT2D eigenvalue weighted by Gasteiger charge is 2.19. The monoisotopic (exact) mass is 347 g/mol. The molecule has 1 N–H and O–H groups in total. The zero-order chi connectivity index (χ0) is 14.7. The first kappa shape index (κ1) is 16.1. The summed E-state index contributed by atoms with van der Waals surface area (Å²) in [6.45, 7) is 4.98. The van der Waals surface area contributed by atoms with Crippen molar-refractivity contribution in [3.05, 3.63) is 54.7 Å². The van der Waals surface area contributed by atoms with E-state index in [0.29, 0.717) is 10.0 Å². The molecule has 0 bridgehead atoms. The van der Waals surface area contributed by atoms with Crippen LogP contribution in [0.3, 0.4) is 0 Å². The second-order valence-electron chi connectivity index (χ2n) is 4.62. The molecule has 0 saturated carbocycles. The smallest absolute Gasteiger partial charge is 0.0624 e. The molecule has 0 radical (unpaired) electrons. The fourth-order valence-electron chi connectivity index (χ4n) is 2.11. The van der Waals surface area contributed by atoms with Crippen molar-refractivity contribution in [3.8, 4) is 0 Å². The summed E-state index contributed by atoms with van der Waals surface area (Å²) < 4.78 is 0. The highest BCUT2D eigenvalue weighted by atomic mass is 35.5. The van der Waals surface area contributed by atoms with E-state index in [-0.39, 0.29) is 6.04 Å². The Bertz CT molecular complexity index is 595. The molecular weight excluding hydrogens is 333 g/mol. The zero-order valence-electron chi connectivity index (χ0n) is 11.3. The van der Waals surface area contributed by atoms with E-state index in [1.165, 1.54) is 0 Å². The average Bonchev–Trinajstić information content (AvgIpc) is 2.75. The van der Waals surface area contributed by atoms with Crippen LogP contribution in [0, 0.1) is 6.92 Å². The lowest BCUT2D eigenvalue weighted by Gasteiger charge is -2.18. The van der Waals surface area contributed by atoms with Gasteiger partial charge in [-0.3, -0.25) is 0 Å². The quantitative estimate of drug-likeness (QED) is 0.708. The van der Waals surface area contributed by atoms with Crippen LogP contribution in [-0.4, -0.2) is 6.54 Å². The molecule has 0 spiro atoms. The van der Waals surface area contributed by atoms with Crippen molar-refractivity contribution in [2.24, 2.45) is 0 Å². The van der Waals surface area contributed by atoms with Crippen molar-refractivity contribution in [1.82, 2.24) is 5.32 Å². The Labute approximate surface area is 138 Å². The van der Waals surface area contributed by atoms with E-state index in [9.17, 15) is 0 Å². The minimum atomic E-state index is 0.155. The number of likely N-dealkylation sites (N-methyl/N-ethyl adjacent to an activating group) is 1. The van der Waals surface area contributed by atoms with E-state index in [1.54, 1.807) is 17.4 Å². The minimum Gasteiger partial charge on any atom is -0.309 e. The Balaban J connectivity index is 2.30. The van der Waals surface area contributed by atoms with Crippen molar-refractivity contribution in [1.29, 1.82) is 0 Å². The molecule has 1 unspecified atom stereocenters. The van der Waals surface area contributed by atoms with Crippen LogP contribution < -0.4 is 5.32 Å². The summed E-state index contributed by atoms with van der Waals surface area (Å²) in [6.07, 6.45) is 0.771. The van der Waals surface area contributed by atoms with E-state index in [0.717, 1.165) is 34.0 Å². The highest BCUT2D eigenvalue weighted by Crippen LogP contribution is 2.36. The van der Waals surface area contributed by atoms with Gasteiger partial charge in [0.25, 0.3) is 0 Å². The molecule has 5 heteroatoms. The largest absolute Gasteiger partial charge is 0.309 e. The van der Waals surface area contributed by atoms with Crippen LogP contribution in [0.2, 0.25) is 15.1 Å². The normalized spacial score (nSPS) is 12.7. The number of hydrogen-bond donors (Lipinski definition) is 1. The van der Waals surface area contributed by atoms with Crippen LogP contribution in [0.5, 0.6) is 0 Å². The summed E-state index contributed by atoms with van der Waals surface area (Å²) in [7, 11) is 0. The average molecular weight is 349 g/mol. The van der Waals surface area contributed by atoms with E-state index < -0.39 is 0 Å². The molecule has 0 fully saturated rings. The third-order valence-electron chi connectivity index (χ3n) is 3.15. The highest BCUT2D eigenvalue weighted by molar-refractivity contribution is 7.10. The van der Waals surface area contributed by atoms with Crippen molar-refractivity contribution in [3.63, 3.8) is 0 Å². The Kier molecular flexibility index (Phi) is 5.76. The molecular formula is C15H16Cl3NS. The summed E-state index contributed by atoms with van der Waals surface area (Å²) in [5.74, 6) is 0. The summed E-state index contributed by atoms with van der Waals surface area (Å²) >= 11 is 20.4. The second kappa shape index (κ2) is 7.15. The third kappa shape index (κ3) is 3.49. The van der Waals surface area contributed by atoms with Crippen molar-refractivity contribution < 1.29 is 0 Å². The van der Waals surface area contributed by atoms with Gasteiger partial charge in [-0.25, -0.2) is 0 Å². The first-order chi connectivity index (χ1) is 9.54. The third-order valence-corrected chi connectivity index (χ3v) is 5.83. The predicted molar refractivity (Wildman–Crippen MR) is 90.6 cm³/mol. The predicted octanol–water partition coefficient (Wildman–Crippen LogP) is 5.91. The van der Waals surface area contributed by atoms with Crippen LogP contribution in [-0.2, 0) is 6.42 Å². The molecule has 2 rings (SSSR count). The lowest BCUT2D eigenvalue weighted by atomic mass is 10.0. The second-order valence-corrected chi connectivity index (χ2v) is 6.70. The van der Waals surface area contributed by atoms with Gasteiger partial charge in [0.1, 0.15) is 0 Å². The maximum absolute atomic E-state index is 6.39. The van der Waals surface area contributed by atoms with Gasteiger partial charge in [0.15, 0.2) is 0 Å². The van der Waals surface area contributed by atoms with Crippen molar-refractivity contribution >= 4 is 46.1 Å². The topological polar surface area (TPSA) is 12.0 Å². The number of halogens is 3. The first-order valence-corrected chi connectivity index (χ1v) is 8.45. The van der Waals surface area contributed by atoms with Crippen LogP contribution in [0.4, 0.5) is 0 Å². The SMILES string of the molecule is CCNC(Cc1cccc(Cl)c1Cl)c1scc(C)c1Cl. The van der Waals surface area contributed by atoms with Crippen molar-refractivity contribution in [2.75, 3.05) is 6.54 Å². The molecule has 20 heavy (non-hydrogen) atoms. The maximum Gasteiger partial charge on any atom is 0.0624 e. The molecule has 0 aliphatic rings. The molecule has 0 aliphatic carbocycles. The molecule has 2 aromatic rings. The first-order valence-electron chi connectivity index (χ1n) is 6.44. The molecule has 0 aliphatic heterocycles.